The fourth-order valence-corrected chi connectivity index (χ4v) is 1.30. The van der Waals surface area contributed by atoms with Crippen molar-refractivity contribution in [1.29, 1.82) is 0 Å². The van der Waals surface area contributed by atoms with Crippen molar-refractivity contribution in [2.75, 3.05) is 6.61 Å². The van der Waals surface area contributed by atoms with Gasteiger partial charge in [-0.05, 0) is 0 Å². The van der Waals surface area contributed by atoms with Crippen molar-refractivity contribution in [3.63, 3.8) is 0 Å². The lowest BCUT2D eigenvalue weighted by atomic mass is 10.1. The van der Waals surface area contributed by atoms with E-state index in [2.05, 4.69) is 14.5 Å². The summed E-state index contributed by atoms with van der Waals surface area (Å²) < 4.78 is 5.17. The van der Waals surface area contributed by atoms with E-state index in [-0.39, 0.29) is 6.61 Å². The van der Waals surface area contributed by atoms with E-state index >= 15 is 0 Å². The molecule has 8 heteroatoms. The van der Waals surface area contributed by atoms with E-state index in [9.17, 15) is 0 Å². The van der Waals surface area contributed by atoms with E-state index in [1.165, 1.54) is 0 Å². The van der Waals surface area contributed by atoms with Crippen LogP contribution < -0.4 is 23.4 Å². The molecular formula is C5H14N4O4. The van der Waals surface area contributed by atoms with Crippen LogP contribution in [-0.2, 0) is 19.2 Å². The average molecular weight is 194 g/mol. The Kier molecular flexibility index (Phi) is 3.96. The average Bonchev–Trinajstić information content (AvgIpc) is 2.41. The predicted molar refractivity (Wildman–Crippen MR) is 41.1 cm³/mol. The zero-order valence-electron chi connectivity index (χ0n) is 6.96. The molecule has 0 saturated carbocycles. The van der Waals surface area contributed by atoms with E-state index in [0.717, 1.165) is 0 Å². The summed E-state index contributed by atoms with van der Waals surface area (Å²) in [6.07, 6.45) is -2.37. The van der Waals surface area contributed by atoms with Gasteiger partial charge in [-0.3, -0.25) is 9.68 Å². The van der Waals surface area contributed by atoms with Gasteiger partial charge in [-0.15, -0.1) is 0 Å². The highest BCUT2D eigenvalue weighted by molar-refractivity contribution is 4.89. The summed E-state index contributed by atoms with van der Waals surface area (Å²) in [6.45, 7) is 0.107. The molecule has 1 fully saturated rings. The van der Waals surface area contributed by atoms with Crippen molar-refractivity contribution < 1.29 is 19.2 Å². The van der Waals surface area contributed by atoms with Crippen molar-refractivity contribution in [3.8, 4) is 0 Å². The normalized spacial score (nSPS) is 39.7. The van der Waals surface area contributed by atoms with E-state index in [1.807, 2.05) is 0 Å². The Morgan fingerprint density at radius 2 is 1.69 bits per heavy atom. The molecule has 1 heterocycles. The topological polar surface area (TPSA) is 141 Å². The van der Waals surface area contributed by atoms with Gasteiger partial charge < -0.3 is 15.3 Å². The van der Waals surface area contributed by atoms with Gasteiger partial charge in [0.1, 0.15) is 24.5 Å². The molecule has 0 aromatic heterocycles. The van der Waals surface area contributed by atoms with Crippen molar-refractivity contribution in [3.05, 3.63) is 0 Å². The highest BCUT2D eigenvalue weighted by Gasteiger charge is 2.44. The monoisotopic (exact) mass is 194 g/mol. The first-order valence-electron chi connectivity index (χ1n) is 3.68. The highest BCUT2D eigenvalue weighted by Crippen LogP contribution is 2.21. The maximum atomic E-state index is 5.52. The fourth-order valence-electron chi connectivity index (χ4n) is 1.30. The minimum Gasteiger partial charge on any atom is -0.352 e. The number of hydrogen-bond donors (Lipinski definition) is 4. The number of ether oxygens (including phenoxy) is 1. The molecule has 0 spiro atoms. The third-order valence-corrected chi connectivity index (χ3v) is 1.92. The van der Waals surface area contributed by atoms with Gasteiger partial charge in [0.2, 0.25) is 0 Å². The lowest BCUT2D eigenvalue weighted by Crippen LogP contribution is -2.44. The quantitative estimate of drug-likeness (QED) is 0.349. The Morgan fingerprint density at radius 1 is 1.08 bits per heavy atom. The predicted octanol–water partition coefficient (Wildman–Crippen LogP) is -2.92. The maximum Gasteiger partial charge on any atom is 0.149 e. The number of nitrogens with two attached hydrogens (primary N) is 4. The Bertz CT molecular complexity index is 159. The zero-order chi connectivity index (χ0) is 9.84. The summed E-state index contributed by atoms with van der Waals surface area (Å²) in [5, 5.41) is 0. The first-order valence-corrected chi connectivity index (χ1v) is 3.68. The molecule has 0 aromatic carbocycles. The van der Waals surface area contributed by atoms with Crippen LogP contribution in [0, 0.1) is 0 Å². The molecule has 78 valence electrons. The van der Waals surface area contributed by atoms with Crippen LogP contribution in [0.4, 0.5) is 0 Å². The minimum absolute atomic E-state index is 0.107. The maximum absolute atomic E-state index is 5.52. The van der Waals surface area contributed by atoms with Gasteiger partial charge in [-0.25, -0.2) is 17.7 Å². The minimum atomic E-state index is -0.696. The molecule has 8 N–H and O–H groups in total. The Morgan fingerprint density at radius 3 is 2.15 bits per heavy atom. The third kappa shape index (κ3) is 2.13. The van der Waals surface area contributed by atoms with Gasteiger partial charge in [0.15, 0.2) is 0 Å². The standard InChI is InChI=1S/C5H14N4O4/c6-5-4(13-9)3(12-8)2(11-5)1-10-7/h2-5H,1,6-9H2/t2-,3-,4-,5-/m1/s1. The second-order valence-electron chi connectivity index (χ2n) is 2.67. The Labute approximate surface area is 74.9 Å². The van der Waals surface area contributed by atoms with Gasteiger partial charge in [0.25, 0.3) is 0 Å². The summed E-state index contributed by atoms with van der Waals surface area (Å²) in [5.41, 5.74) is 5.52. The molecule has 0 bridgehead atoms. The molecule has 0 amide bonds. The highest BCUT2D eigenvalue weighted by atomic mass is 16.7. The molecule has 0 unspecified atom stereocenters. The van der Waals surface area contributed by atoms with Gasteiger partial charge >= 0.3 is 0 Å². The molecular weight excluding hydrogens is 180 g/mol. The molecule has 1 saturated heterocycles. The first-order chi connectivity index (χ1) is 6.24. The number of rotatable bonds is 4. The second kappa shape index (κ2) is 4.79. The van der Waals surface area contributed by atoms with Gasteiger partial charge in [0.05, 0.1) is 6.61 Å². The van der Waals surface area contributed by atoms with Crippen LogP contribution in [-0.4, -0.2) is 31.1 Å². The SMILES string of the molecule is NOC[C@H]1O[C@@H](N)[C@H](ON)[C@@H]1ON. The van der Waals surface area contributed by atoms with Crippen LogP contribution in [0.25, 0.3) is 0 Å². The summed E-state index contributed by atoms with van der Waals surface area (Å²) in [7, 11) is 0. The lowest BCUT2D eigenvalue weighted by Gasteiger charge is -2.18. The summed E-state index contributed by atoms with van der Waals surface area (Å²) in [5.74, 6) is 14.9. The van der Waals surface area contributed by atoms with E-state index < -0.39 is 24.5 Å². The van der Waals surface area contributed by atoms with E-state index in [0.29, 0.717) is 0 Å². The van der Waals surface area contributed by atoms with Crippen molar-refractivity contribution in [2.24, 2.45) is 23.4 Å². The van der Waals surface area contributed by atoms with E-state index in [1.54, 1.807) is 0 Å². The number of hydrogen-bond acceptors (Lipinski definition) is 8. The Hall–Kier alpha value is -0.320. The van der Waals surface area contributed by atoms with Gasteiger partial charge in [0, 0.05) is 0 Å². The smallest absolute Gasteiger partial charge is 0.149 e. The van der Waals surface area contributed by atoms with Crippen LogP contribution in [0.5, 0.6) is 0 Å². The van der Waals surface area contributed by atoms with Crippen LogP contribution in [0.15, 0.2) is 0 Å². The molecule has 1 aliphatic rings. The van der Waals surface area contributed by atoms with Crippen LogP contribution in [0.1, 0.15) is 0 Å². The molecule has 0 aliphatic carbocycles. The Balaban J connectivity index is 2.57. The largest absolute Gasteiger partial charge is 0.352 e. The van der Waals surface area contributed by atoms with Crippen molar-refractivity contribution in [2.45, 2.75) is 24.5 Å². The van der Waals surface area contributed by atoms with Gasteiger partial charge in [-0.1, -0.05) is 0 Å². The summed E-state index contributed by atoms with van der Waals surface area (Å²) >= 11 is 0. The van der Waals surface area contributed by atoms with Crippen molar-refractivity contribution in [1.82, 2.24) is 0 Å². The third-order valence-electron chi connectivity index (χ3n) is 1.92. The summed E-state index contributed by atoms with van der Waals surface area (Å²) in [4.78, 5) is 13.5. The van der Waals surface area contributed by atoms with Crippen LogP contribution in [0.2, 0.25) is 0 Å². The second-order valence-corrected chi connectivity index (χ2v) is 2.67. The molecule has 1 aliphatic heterocycles. The van der Waals surface area contributed by atoms with E-state index in [4.69, 9.17) is 28.2 Å². The van der Waals surface area contributed by atoms with Crippen LogP contribution >= 0.6 is 0 Å². The van der Waals surface area contributed by atoms with Crippen LogP contribution in [0.3, 0.4) is 0 Å². The first kappa shape index (κ1) is 10.8. The molecule has 0 aromatic rings. The van der Waals surface area contributed by atoms with Gasteiger partial charge in [-0.2, -0.15) is 0 Å². The molecule has 4 atom stereocenters. The molecule has 1 rings (SSSR count). The summed E-state index contributed by atoms with van der Waals surface area (Å²) in [6, 6.07) is 0. The fraction of sp³-hybridized carbons (Fsp3) is 1.00. The van der Waals surface area contributed by atoms with Crippen molar-refractivity contribution >= 4 is 0 Å². The lowest BCUT2D eigenvalue weighted by molar-refractivity contribution is -0.0815. The molecule has 0 radical (unpaired) electrons. The molecule has 8 nitrogen and oxygen atoms in total. The molecule has 13 heavy (non-hydrogen) atoms. The zero-order valence-corrected chi connectivity index (χ0v) is 6.96.